The summed E-state index contributed by atoms with van der Waals surface area (Å²) in [6, 6.07) is 4.83. The Morgan fingerprint density at radius 3 is 2.83 bits per heavy atom. The average molecular weight is 313 g/mol. The summed E-state index contributed by atoms with van der Waals surface area (Å²) < 4.78 is 14.0. The highest BCUT2D eigenvalue weighted by atomic mass is 79.9. The summed E-state index contributed by atoms with van der Waals surface area (Å²) in [7, 11) is 0. The first kappa shape index (κ1) is 12.1. The Morgan fingerprint density at radius 1 is 1.33 bits per heavy atom. The molecule has 1 aliphatic carbocycles. The van der Waals surface area contributed by atoms with Crippen molar-refractivity contribution in [2.45, 2.75) is 31.3 Å². The first-order valence-electron chi connectivity index (χ1n) is 6.17. The van der Waals surface area contributed by atoms with Crippen molar-refractivity contribution in [2.75, 3.05) is 11.4 Å². The van der Waals surface area contributed by atoms with E-state index in [0.29, 0.717) is 18.3 Å². The van der Waals surface area contributed by atoms with Crippen LogP contribution in [0.15, 0.2) is 22.7 Å². The molecule has 3 rings (SSSR count). The van der Waals surface area contributed by atoms with Crippen LogP contribution in [0.3, 0.4) is 0 Å². The molecule has 3 nitrogen and oxygen atoms in total. The summed E-state index contributed by atoms with van der Waals surface area (Å²) in [6.07, 6.45) is 3.11. The Hall–Kier alpha value is -0.940. The molecule has 1 saturated carbocycles. The fourth-order valence-corrected chi connectivity index (χ4v) is 2.76. The van der Waals surface area contributed by atoms with E-state index in [9.17, 15) is 9.18 Å². The maximum atomic E-state index is 13.3. The van der Waals surface area contributed by atoms with Gasteiger partial charge in [0.05, 0.1) is 11.7 Å². The first-order valence-corrected chi connectivity index (χ1v) is 6.97. The van der Waals surface area contributed by atoms with Gasteiger partial charge in [0.2, 0.25) is 5.91 Å². The summed E-state index contributed by atoms with van der Waals surface area (Å²) in [4.78, 5) is 13.9. The highest BCUT2D eigenvalue weighted by Crippen LogP contribution is 2.31. The molecule has 0 spiro atoms. The molecule has 5 heteroatoms. The van der Waals surface area contributed by atoms with Gasteiger partial charge in [0.25, 0.3) is 0 Å². The summed E-state index contributed by atoms with van der Waals surface area (Å²) in [6.45, 7) is 0.644. The van der Waals surface area contributed by atoms with Gasteiger partial charge in [-0.2, -0.15) is 0 Å². The van der Waals surface area contributed by atoms with Gasteiger partial charge in [-0.05, 0) is 53.4 Å². The second kappa shape index (κ2) is 4.63. The topological polar surface area (TPSA) is 32.3 Å². The maximum Gasteiger partial charge on any atom is 0.244 e. The van der Waals surface area contributed by atoms with Gasteiger partial charge in [0.15, 0.2) is 0 Å². The molecule has 1 heterocycles. The second-order valence-electron chi connectivity index (χ2n) is 4.87. The minimum absolute atomic E-state index is 0.0493. The number of carbonyl (C=O) groups is 1. The standard InChI is InChI=1S/C13H14BrFN2O/c14-10-4-1-8(15)7-12(10)17-6-5-11(13(17)18)16-9-2-3-9/h1,4,7,9,11,16H,2-3,5-6H2. The van der Waals surface area contributed by atoms with E-state index in [1.807, 2.05) is 0 Å². The van der Waals surface area contributed by atoms with E-state index in [4.69, 9.17) is 0 Å². The molecule has 2 aliphatic rings. The lowest BCUT2D eigenvalue weighted by atomic mass is 10.2. The molecule has 1 atom stereocenters. The van der Waals surface area contributed by atoms with Crippen LogP contribution in [0.1, 0.15) is 19.3 Å². The lowest BCUT2D eigenvalue weighted by Crippen LogP contribution is -2.39. The SMILES string of the molecule is O=C1C(NC2CC2)CCN1c1cc(F)ccc1Br. The summed E-state index contributed by atoms with van der Waals surface area (Å²) in [5.74, 6) is -0.271. The summed E-state index contributed by atoms with van der Waals surface area (Å²) in [5, 5.41) is 3.34. The zero-order valence-corrected chi connectivity index (χ0v) is 11.4. The highest BCUT2D eigenvalue weighted by molar-refractivity contribution is 9.10. The molecule has 96 valence electrons. The zero-order valence-electron chi connectivity index (χ0n) is 9.83. The van der Waals surface area contributed by atoms with Crippen molar-refractivity contribution in [3.63, 3.8) is 0 Å². The third-order valence-corrected chi connectivity index (χ3v) is 4.09. The molecule has 1 aromatic carbocycles. The molecule has 1 saturated heterocycles. The fraction of sp³-hybridized carbons (Fsp3) is 0.462. The van der Waals surface area contributed by atoms with Crippen LogP contribution in [0, 0.1) is 5.82 Å². The maximum absolute atomic E-state index is 13.3. The number of anilines is 1. The Labute approximate surface area is 113 Å². The molecule has 1 unspecified atom stereocenters. The van der Waals surface area contributed by atoms with E-state index < -0.39 is 0 Å². The fourth-order valence-electron chi connectivity index (χ4n) is 2.30. The molecule has 1 amide bonds. The lowest BCUT2D eigenvalue weighted by Gasteiger charge is -2.18. The van der Waals surface area contributed by atoms with E-state index in [-0.39, 0.29) is 17.8 Å². The quantitative estimate of drug-likeness (QED) is 0.930. The molecule has 0 radical (unpaired) electrons. The Bertz CT molecular complexity index is 490. The van der Waals surface area contributed by atoms with Gasteiger partial charge in [-0.1, -0.05) is 0 Å². The smallest absolute Gasteiger partial charge is 0.244 e. The molecule has 2 fully saturated rings. The van der Waals surface area contributed by atoms with Gasteiger partial charge in [0, 0.05) is 17.1 Å². The second-order valence-corrected chi connectivity index (χ2v) is 5.72. The van der Waals surface area contributed by atoms with E-state index in [1.54, 1.807) is 11.0 Å². The van der Waals surface area contributed by atoms with Gasteiger partial charge in [-0.15, -0.1) is 0 Å². The largest absolute Gasteiger partial charge is 0.310 e. The van der Waals surface area contributed by atoms with Crippen LogP contribution in [0.4, 0.5) is 10.1 Å². The van der Waals surface area contributed by atoms with Crippen molar-refractivity contribution in [1.29, 1.82) is 0 Å². The predicted octanol–water partition coefficient (Wildman–Crippen LogP) is 2.45. The van der Waals surface area contributed by atoms with Gasteiger partial charge < -0.3 is 10.2 Å². The van der Waals surface area contributed by atoms with Crippen LogP contribution in [-0.2, 0) is 4.79 Å². The average Bonchev–Trinajstić information content (AvgIpc) is 3.09. The van der Waals surface area contributed by atoms with Gasteiger partial charge in [-0.25, -0.2) is 4.39 Å². The van der Waals surface area contributed by atoms with Crippen molar-refractivity contribution in [3.8, 4) is 0 Å². The highest BCUT2D eigenvalue weighted by Gasteiger charge is 2.36. The normalized spacial score (nSPS) is 23.8. The van der Waals surface area contributed by atoms with Crippen LogP contribution in [0.5, 0.6) is 0 Å². The molecule has 18 heavy (non-hydrogen) atoms. The van der Waals surface area contributed by atoms with Crippen molar-refractivity contribution >= 4 is 27.5 Å². The molecule has 1 aliphatic heterocycles. The number of amides is 1. The van der Waals surface area contributed by atoms with Crippen molar-refractivity contribution in [1.82, 2.24) is 5.32 Å². The third kappa shape index (κ3) is 2.29. The molecule has 0 aromatic heterocycles. The Balaban J connectivity index is 1.80. The van der Waals surface area contributed by atoms with E-state index in [0.717, 1.165) is 23.7 Å². The van der Waals surface area contributed by atoms with Crippen molar-refractivity contribution in [2.24, 2.45) is 0 Å². The van der Waals surface area contributed by atoms with Crippen LogP contribution in [0.25, 0.3) is 0 Å². The van der Waals surface area contributed by atoms with Gasteiger partial charge in [0.1, 0.15) is 5.82 Å². The first-order chi connectivity index (χ1) is 8.65. The number of nitrogens with zero attached hydrogens (tertiary/aromatic N) is 1. The predicted molar refractivity (Wildman–Crippen MR) is 71.0 cm³/mol. The number of hydrogen-bond acceptors (Lipinski definition) is 2. The van der Waals surface area contributed by atoms with Crippen LogP contribution in [-0.4, -0.2) is 24.5 Å². The van der Waals surface area contributed by atoms with Crippen molar-refractivity contribution in [3.05, 3.63) is 28.5 Å². The number of carbonyl (C=O) groups excluding carboxylic acids is 1. The van der Waals surface area contributed by atoms with Crippen LogP contribution >= 0.6 is 15.9 Å². The number of nitrogens with one attached hydrogen (secondary N) is 1. The summed E-state index contributed by atoms with van der Waals surface area (Å²) in [5.41, 5.74) is 0.625. The van der Waals surface area contributed by atoms with Gasteiger partial charge >= 0.3 is 0 Å². The minimum atomic E-state index is -0.320. The van der Waals surface area contributed by atoms with Crippen LogP contribution in [0.2, 0.25) is 0 Å². The molecule has 1 aromatic rings. The number of hydrogen-bond donors (Lipinski definition) is 1. The monoisotopic (exact) mass is 312 g/mol. The number of rotatable bonds is 3. The Kier molecular flexibility index (Phi) is 3.11. The van der Waals surface area contributed by atoms with E-state index >= 15 is 0 Å². The lowest BCUT2D eigenvalue weighted by molar-refractivity contribution is -0.118. The van der Waals surface area contributed by atoms with E-state index in [1.165, 1.54) is 12.1 Å². The van der Waals surface area contributed by atoms with E-state index in [2.05, 4.69) is 21.2 Å². The van der Waals surface area contributed by atoms with Crippen LogP contribution < -0.4 is 10.2 Å². The molecule has 1 N–H and O–H groups in total. The van der Waals surface area contributed by atoms with Gasteiger partial charge in [-0.3, -0.25) is 4.79 Å². The number of halogens is 2. The number of benzene rings is 1. The molecular weight excluding hydrogens is 299 g/mol. The minimum Gasteiger partial charge on any atom is -0.310 e. The molecular formula is C13H14BrFN2O. The molecule has 0 bridgehead atoms. The van der Waals surface area contributed by atoms with Crippen molar-refractivity contribution < 1.29 is 9.18 Å². The summed E-state index contributed by atoms with van der Waals surface area (Å²) >= 11 is 3.37. The third-order valence-electron chi connectivity index (χ3n) is 3.42. The Morgan fingerprint density at radius 2 is 2.11 bits per heavy atom. The zero-order chi connectivity index (χ0) is 12.7.